The first kappa shape index (κ1) is 19.0. The molecule has 1 aliphatic rings. The summed E-state index contributed by atoms with van der Waals surface area (Å²) in [4.78, 5) is 19.1. The number of sulfonamides is 1. The zero-order valence-electron chi connectivity index (χ0n) is 14.7. The Kier molecular flexibility index (Phi) is 5.81. The molecule has 3 rings (SSSR count). The lowest BCUT2D eigenvalue weighted by atomic mass is 10.1. The summed E-state index contributed by atoms with van der Waals surface area (Å²) in [6.45, 7) is 3.29. The minimum absolute atomic E-state index is 0.0918. The first-order valence-electron chi connectivity index (χ1n) is 8.45. The maximum absolute atomic E-state index is 11.3. The minimum Gasteiger partial charge on any atom is -0.353 e. The maximum atomic E-state index is 11.3. The summed E-state index contributed by atoms with van der Waals surface area (Å²) >= 11 is 0. The normalized spacial score (nSPS) is 14.9. The van der Waals surface area contributed by atoms with E-state index in [-0.39, 0.29) is 4.90 Å². The van der Waals surface area contributed by atoms with E-state index in [2.05, 4.69) is 25.4 Å². The molecule has 1 fully saturated rings. The fourth-order valence-electron chi connectivity index (χ4n) is 2.74. The Bertz CT molecular complexity index is 881. The van der Waals surface area contributed by atoms with Crippen LogP contribution in [0, 0.1) is 0 Å². The molecule has 1 aromatic heterocycles. The van der Waals surface area contributed by atoms with Crippen LogP contribution in [0.25, 0.3) is 0 Å². The highest BCUT2D eigenvalue weighted by atomic mass is 32.2. The van der Waals surface area contributed by atoms with Crippen LogP contribution in [-0.2, 0) is 21.2 Å². The number of carbonyl (C=O) groups is 1. The average Bonchev–Trinajstić information content (AvgIpc) is 2.68. The summed E-state index contributed by atoms with van der Waals surface area (Å²) in [7, 11) is -3.67. The summed E-state index contributed by atoms with van der Waals surface area (Å²) in [6, 6.07) is 6.43. The number of nitrogens with one attached hydrogen (secondary N) is 1. The predicted molar refractivity (Wildman–Crippen MR) is 99.7 cm³/mol. The number of primary sulfonamides is 1. The van der Waals surface area contributed by atoms with Crippen LogP contribution in [0.4, 0.5) is 11.8 Å². The standard InChI is InChI=1S/C16H21N7O3S/c17-27(25,26)14-3-1-13(2-4-14)5-6-18-16-20-15(11-19-21-16)23-9-7-22(12-24)8-10-23/h1-4,11-12H,5-10H2,(H2,17,25,26)(H,18,20,21). The van der Waals surface area contributed by atoms with E-state index in [1.165, 1.54) is 12.1 Å². The van der Waals surface area contributed by atoms with Crippen molar-refractivity contribution in [3.05, 3.63) is 36.0 Å². The van der Waals surface area contributed by atoms with Gasteiger partial charge in [-0.1, -0.05) is 12.1 Å². The molecule has 10 nitrogen and oxygen atoms in total. The second-order valence-corrected chi connectivity index (χ2v) is 7.69. The first-order valence-corrected chi connectivity index (χ1v) is 10.00. The fourth-order valence-corrected chi connectivity index (χ4v) is 3.26. The van der Waals surface area contributed by atoms with Crippen molar-refractivity contribution in [1.29, 1.82) is 0 Å². The smallest absolute Gasteiger partial charge is 0.244 e. The van der Waals surface area contributed by atoms with Crippen LogP contribution in [-0.4, -0.2) is 67.6 Å². The van der Waals surface area contributed by atoms with Crippen LogP contribution in [0.1, 0.15) is 5.56 Å². The number of carbonyl (C=O) groups excluding carboxylic acids is 1. The number of hydrogen-bond donors (Lipinski definition) is 2. The molecule has 3 N–H and O–H groups in total. The first-order chi connectivity index (χ1) is 13.0. The number of amides is 1. The third-order valence-electron chi connectivity index (χ3n) is 4.28. The zero-order valence-corrected chi connectivity index (χ0v) is 15.5. The van der Waals surface area contributed by atoms with Gasteiger partial charge >= 0.3 is 0 Å². The number of piperazine rings is 1. The molecule has 0 radical (unpaired) electrons. The Balaban J connectivity index is 1.53. The Morgan fingerprint density at radius 1 is 1.15 bits per heavy atom. The van der Waals surface area contributed by atoms with Gasteiger partial charge in [0.2, 0.25) is 22.4 Å². The highest BCUT2D eigenvalue weighted by molar-refractivity contribution is 7.89. The third-order valence-corrected chi connectivity index (χ3v) is 5.21. The minimum atomic E-state index is -3.67. The quantitative estimate of drug-likeness (QED) is 0.601. The van der Waals surface area contributed by atoms with E-state index >= 15 is 0 Å². The number of hydrogen-bond acceptors (Lipinski definition) is 8. The van der Waals surface area contributed by atoms with Crippen molar-refractivity contribution in [3.63, 3.8) is 0 Å². The number of aromatic nitrogens is 3. The van der Waals surface area contributed by atoms with Crippen LogP contribution in [0.5, 0.6) is 0 Å². The van der Waals surface area contributed by atoms with Crippen LogP contribution >= 0.6 is 0 Å². The summed E-state index contributed by atoms with van der Waals surface area (Å²) in [5.74, 6) is 1.14. The summed E-state index contributed by atoms with van der Waals surface area (Å²) in [5.41, 5.74) is 0.962. The Morgan fingerprint density at radius 3 is 2.48 bits per heavy atom. The van der Waals surface area contributed by atoms with E-state index in [9.17, 15) is 13.2 Å². The molecule has 144 valence electrons. The second-order valence-electron chi connectivity index (χ2n) is 6.13. The van der Waals surface area contributed by atoms with Gasteiger partial charge in [0.25, 0.3) is 0 Å². The molecule has 0 saturated carbocycles. The van der Waals surface area contributed by atoms with E-state index in [4.69, 9.17) is 5.14 Å². The van der Waals surface area contributed by atoms with Gasteiger partial charge in [-0.3, -0.25) is 4.79 Å². The fraction of sp³-hybridized carbons (Fsp3) is 0.375. The number of nitrogens with two attached hydrogens (primary N) is 1. The molecule has 0 spiro atoms. The van der Waals surface area contributed by atoms with Crippen molar-refractivity contribution >= 4 is 28.2 Å². The van der Waals surface area contributed by atoms with E-state index < -0.39 is 10.0 Å². The van der Waals surface area contributed by atoms with Crippen LogP contribution < -0.4 is 15.4 Å². The zero-order chi connectivity index (χ0) is 19.3. The molecule has 2 heterocycles. The molecule has 0 bridgehead atoms. The lowest BCUT2D eigenvalue weighted by Gasteiger charge is -2.33. The van der Waals surface area contributed by atoms with E-state index in [1.54, 1.807) is 23.2 Å². The number of benzene rings is 1. The highest BCUT2D eigenvalue weighted by Gasteiger charge is 2.17. The molecule has 1 amide bonds. The van der Waals surface area contributed by atoms with Gasteiger partial charge in [-0.05, 0) is 24.1 Å². The molecule has 0 atom stereocenters. The van der Waals surface area contributed by atoms with Crippen LogP contribution in [0.15, 0.2) is 35.4 Å². The molecule has 1 saturated heterocycles. The maximum Gasteiger partial charge on any atom is 0.244 e. The van der Waals surface area contributed by atoms with E-state index in [0.29, 0.717) is 45.1 Å². The highest BCUT2D eigenvalue weighted by Crippen LogP contribution is 2.13. The number of anilines is 2. The second kappa shape index (κ2) is 8.27. The lowest BCUT2D eigenvalue weighted by molar-refractivity contribution is -0.118. The third kappa shape index (κ3) is 5.11. The van der Waals surface area contributed by atoms with Gasteiger partial charge < -0.3 is 15.1 Å². The van der Waals surface area contributed by atoms with Gasteiger partial charge in [0.15, 0.2) is 5.82 Å². The van der Waals surface area contributed by atoms with Gasteiger partial charge in [0.05, 0.1) is 11.1 Å². The Hall–Kier alpha value is -2.79. The Morgan fingerprint density at radius 2 is 1.85 bits per heavy atom. The van der Waals surface area contributed by atoms with Gasteiger partial charge in [-0.15, -0.1) is 5.10 Å². The molecule has 1 aliphatic heterocycles. The van der Waals surface area contributed by atoms with Crippen molar-refractivity contribution in [2.24, 2.45) is 5.14 Å². The van der Waals surface area contributed by atoms with Crippen molar-refractivity contribution in [1.82, 2.24) is 20.1 Å². The molecule has 2 aromatic rings. The largest absolute Gasteiger partial charge is 0.353 e. The van der Waals surface area contributed by atoms with E-state index in [0.717, 1.165) is 17.8 Å². The van der Waals surface area contributed by atoms with Crippen molar-refractivity contribution in [2.75, 3.05) is 42.9 Å². The SMILES string of the molecule is NS(=O)(=O)c1ccc(CCNc2nncc(N3CCN(C=O)CC3)n2)cc1. The van der Waals surface area contributed by atoms with Gasteiger partial charge in [-0.2, -0.15) is 10.1 Å². The molecule has 0 aliphatic carbocycles. The molecule has 27 heavy (non-hydrogen) atoms. The molecular formula is C16H21N7O3S. The van der Waals surface area contributed by atoms with Crippen molar-refractivity contribution in [2.45, 2.75) is 11.3 Å². The van der Waals surface area contributed by atoms with Gasteiger partial charge in [-0.25, -0.2) is 13.6 Å². The van der Waals surface area contributed by atoms with E-state index in [1.807, 2.05) is 0 Å². The summed E-state index contributed by atoms with van der Waals surface area (Å²) < 4.78 is 22.5. The lowest BCUT2D eigenvalue weighted by Crippen LogP contribution is -2.46. The molecular weight excluding hydrogens is 370 g/mol. The number of nitrogens with zero attached hydrogens (tertiary/aromatic N) is 5. The summed E-state index contributed by atoms with van der Waals surface area (Å²) in [5, 5.41) is 16.2. The average molecular weight is 391 g/mol. The molecule has 1 aromatic carbocycles. The Labute approximate surface area is 157 Å². The topological polar surface area (TPSA) is 134 Å². The molecule has 11 heteroatoms. The molecule has 0 unspecified atom stereocenters. The van der Waals surface area contributed by atoms with Crippen molar-refractivity contribution < 1.29 is 13.2 Å². The van der Waals surface area contributed by atoms with Crippen molar-refractivity contribution in [3.8, 4) is 0 Å². The van der Waals surface area contributed by atoms with Crippen LogP contribution in [0.3, 0.4) is 0 Å². The van der Waals surface area contributed by atoms with Crippen LogP contribution in [0.2, 0.25) is 0 Å². The monoisotopic (exact) mass is 391 g/mol. The van der Waals surface area contributed by atoms with Gasteiger partial charge in [0.1, 0.15) is 0 Å². The summed E-state index contributed by atoms with van der Waals surface area (Å²) in [6.07, 6.45) is 3.13. The predicted octanol–water partition coefficient (Wildman–Crippen LogP) is -0.548. The van der Waals surface area contributed by atoms with Gasteiger partial charge in [0, 0.05) is 32.7 Å². The number of rotatable bonds is 7.